The van der Waals surface area contributed by atoms with Crippen molar-refractivity contribution in [3.63, 3.8) is 0 Å². The van der Waals surface area contributed by atoms with Gasteiger partial charge in [-0.05, 0) is 30.7 Å². The van der Waals surface area contributed by atoms with Gasteiger partial charge in [-0.1, -0.05) is 30.3 Å². The molecule has 0 saturated heterocycles. The molecule has 0 radical (unpaired) electrons. The van der Waals surface area contributed by atoms with Crippen LogP contribution in [0.2, 0.25) is 0 Å². The Hall–Kier alpha value is -2.41. The highest BCUT2D eigenvalue weighted by Crippen LogP contribution is 2.17. The number of carbonyl (C=O) groups excluding carboxylic acids is 2. The highest BCUT2D eigenvalue weighted by Gasteiger charge is 2.26. The zero-order valence-corrected chi connectivity index (χ0v) is 16.1. The van der Waals surface area contributed by atoms with Crippen LogP contribution in [0.15, 0.2) is 48.5 Å². The summed E-state index contributed by atoms with van der Waals surface area (Å²) in [4.78, 5) is 26.1. The molecule has 0 fully saturated rings. The zero-order valence-electron chi connectivity index (χ0n) is 15.2. The van der Waals surface area contributed by atoms with Gasteiger partial charge in [0.25, 0.3) is 0 Å². The maximum atomic E-state index is 14.0. The maximum Gasteiger partial charge on any atom is 0.242 e. The average molecular weight is 392 g/mol. The Labute approximate surface area is 161 Å². The summed E-state index contributed by atoms with van der Waals surface area (Å²) in [6.07, 6.45) is 0. The number of carbonyl (C=O) groups is 2. The van der Waals surface area contributed by atoms with Gasteiger partial charge in [-0.3, -0.25) is 9.59 Å². The number of benzene rings is 2. The standard InChI is InChI=1S/C20H22F2N2O2S/c1-14(20(26)23-2)24(11-16-5-3-4-6-18(16)22)19(25)13-27-12-15-7-9-17(21)10-8-15/h3-10,14H,11-13H2,1-2H3,(H,23,26)/t14-/m1/s1. The molecule has 0 aliphatic carbocycles. The number of halogens is 2. The van der Waals surface area contributed by atoms with E-state index in [1.54, 1.807) is 37.3 Å². The molecular weight excluding hydrogens is 370 g/mol. The van der Waals surface area contributed by atoms with E-state index in [9.17, 15) is 18.4 Å². The molecule has 0 aliphatic rings. The van der Waals surface area contributed by atoms with Crippen LogP contribution < -0.4 is 5.32 Å². The third kappa shape index (κ3) is 6.06. The molecular formula is C20H22F2N2O2S. The van der Waals surface area contributed by atoms with Crippen LogP contribution in [0.5, 0.6) is 0 Å². The summed E-state index contributed by atoms with van der Waals surface area (Å²) in [5, 5.41) is 2.52. The van der Waals surface area contributed by atoms with Gasteiger partial charge in [0.1, 0.15) is 17.7 Å². The second-order valence-electron chi connectivity index (χ2n) is 6.02. The summed E-state index contributed by atoms with van der Waals surface area (Å²) < 4.78 is 26.9. The lowest BCUT2D eigenvalue weighted by atomic mass is 10.1. The van der Waals surface area contributed by atoms with Gasteiger partial charge in [0.2, 0.25) is 11.8 Å². The van der Waals surface area contributed by atoms with E-state index in [1.807, 2.05) is 0 Å². The number of hydrogen-bond donors (Lipinski definition) is 1. The Morgan fingerprint density at radius 2 is 1.78 bits per heavy atom. The Balaban J connectivity index is 2.04. The normalized spacial score (nSPS) is 11.7. The predicted molar refractivity (Wildman–Crippen MR) is 103 cm³/mol. The molecule has 7 heteroatoms. The van der Waals surface area contributed by atoms with Crippen LogP contribution in [-0.2, 0) is 21.9 Å². The summed E-state index contributed by atoms with van der Waals surface area (Å²) >= 11 is 1.36. The highest BCUT2D eigenvalue weighted by atomic mass is 32.2. The molecule has 0 aromatic heterocycles. The monoisotopic (exact) mass is 392 g/mol. The fraction of sp³-hybridized carbons (Fsp3) is 0.300. The van der Waals surface area contributed by atoms with Crippen LogP contribution in [0.1, 0.15) is 18.1 Å². The lowest BCUT2D eigenvalue weighted by Crippen LogP contribution is -2.47. The summed E-state index contributed by atoms with van der Waals surface area (Å²) in [6, 6.07) is 11.5. The molecule has 0 spiro atoms. The Morgan fingerprint density at radius 1 is 1.11 bits per heavy atom. The third-order valence-electron chi connectivity index (χ3n) is 4.12. The molecule has 2 aromatic rings. The van der Waals surface area contributed by atoms with Gasteiger partial charge in [-0.2, -0.15) is 0 Å². The van der Waals surface area contributed by atoms with E-state index >= 15 is 0 Å². The van der Waals surface area contributed by atoms with Crippen molar-refractivity contribution < 1.29 is 18.4 Å². The van der Waals surface area contributed by atoms with Gasteiger partial charge >= 0.3 is 0 Å². The van der Waals surface area contributed by atoms with Gasteiger partial charge in [0.15, 0.2) is 0 Å². The van der Waals surface area contributed by atoms with E-state index < -0.39 is 11.9 Å². The molecule has 0 bridgehead atoms. The lowest BCUT2D eigenvalue weighted by molar-refractivity contribution is -0.138. The van der Waals surface area contributed by atoms with E-state index in [4.69, 9.17) is 0 Å². The number of amides is 2. The van der Waals surface area contributed by atoms with Crippen molar-refractivity contribution in [2.24, 2.45) is 0 Å². The van der Waals surface area contributed by atoms with Crippen molar-refractivity contribution >= 4 is 23.6 Å². The van der Waals surface area contributed by atoms with Crippen molar-refractivity contribution in [2.45, 2.75) is 25.3 Å². The van der Waals surface area contributed by atoms with Gasteiger partial charge in [0, 0.05) is 24.9 Å². The van der Waals surface area contributed by atoms with E-state index in [1.165, 1.54) is 41.9 Å². The Bertz CT molecular complexity index is 784. The van der Waals surface area contributed by atoms with Crippen LogP contribution in [-0.4, -0.2) is 35.6 Å². The summed E-state index contributed by atoms with van der Waals surface area (Å²) in [7, 11) is 1.49. The van der Waals surface area contributed by atoms with Gasteiger partial charge in [-0.15, -0.1) is 11.8 Å². The van der Waals surface area contributed by atoms with Crippen LogP contribution >= 0.6 is 11.8 Å². The van der Waals surface area contributed by atoms with Crippen LogP contribution in [0.4, 0.5) is 8.78 Å². The van der Waals surface area contributed by atoms with Crippen LogP contribution in [0, 0.1) is 11.6 Å². The molecule has 144 valence electrons. The van der Waals surface area contributed by atoms with Gasteiger partial charge in [-0.25, -0.2) is 8.78 Å². The second-order valence-corrected chi connectivity index (χ2v) is 7.01. The Morgan fingerprint density at radius 3 is 2.41 bits per heavy atom. The summed E-state index contributed by atoms with van der Waals surface area (Å²) in [5.41, 5.74) is 1.25. The molecule has 0 unspecified atom stereocenters. The molecule has 2 aromatic carbocycles. The first kappa shape index (κ1) is 20.9. The SMILES string of the molecule is CNC(=O)[C@@H](C)N(Cc1ccccc1F)C(=O)CSCc1ccc(F)cc1. The van der Waals surface area contributed by atoms with E-state index in [2.05, 4.69) is 5.32 Å². The molecule has 0 saturated carbocycles. The topological polar surface area (TPSA) is 49.4 Å². The lowest BCUT2D eigenvalue weighted by Gasteiger charge is -2.28. The van der Waals surface area contributed by atoms with E-state index in [0.717, 1.165) is 5.56 Å². The van der Waals surface area contributed by atoms with Crippen LogP contribution in [0.25, 0.3) is 0 Å². The molecule has 2 amide bonds. The maximum absolute atomic E-state index is 14.0. The number of nitrogens with one attached hydrogen (secondary N) is 1. The summed E-state index contributed by atoms with van der Waals surface area (Å²) in [5.74, 6) is -0.639. The number of rotatable bonds is 8. The van der Waals surface area contributed by atoms with Crippen molar-refractivity contribution in [3.8, 4) is 0 Å². The fourth-order valence-corrected chi connectivity index (χ4v) is 3.39. The third-order valence-corrected chi connectivity index (χ3v) is 5.11. The molecule has 0 heterocycles. The van der Waals surface area contributed by atoms with Gasteiger partial charge < -0.3 is 10.2 Å². The minimum absolute atomic E-state index is 0.0111. The molecule has 4 nitrogen and oxygen atoms in total. The molecule has 0 aliphatic heterocycles. The van der Waals surface area contributed by atoms with Crippen molar-refractivity contribution in [1.29, 1.82) is 0 Å². The first-order valence-electron chi connectivity index (χ1n) is 8.49. The zero-order chi connectivity index (χ0) is 19.8. The first-order valence-corrected chi connectivity index (χ1v) is 9.64. The van der Waals surface area contributed by atoms with Gasteiger partial charge in [0.05, 0.1) is 5.75 Å². The fourth-order valence-electron chi connectivity index (χ4n) is 2.52. The molecule has 2 rings (SSSR count). The van der Waals surface area contributed by atoms with Crippen LogP contribution in [0.3, 0.4) is 0 Å². The minimum atomic E-state index is -0.728. The molecule has 1 atom stereocenters. The smallest absolute Gasteiger partial charge is 0.242 e. The van der Waals surface area contributed by atoms with E-state index in [-0.39, 0.29) is 29.9 Å². The minimum Gasteiger partial charge on any atom is -0.357 e. The quantitative estimate of drug-likeness (QED) is 0.750. The second kappa shape index (κ2) is 10.1. The first-order chi connectivity index (χ1) is 12.9. The van der Waals surface area contributed by atoms with Crippen molar-refractivity contribution in [1.82, 2.24) is 10.2 Å². The number of nitrogens with zero attached hydrogens (tertiary/aromatic N) is 1. The molecule has 27 heavy (non-hydrogen) atoms. The van der Waals surface area contributed by atoms with Crippen molar-refractivity contribution in [2.75, 3.05) is 12.8 Å². The number of hydrogen-bond acceptors (Lipinski definition) is 3. The number of likely N-dealkylation sites (N-methyl/N-ethyl adjacent to an activating group) is 1. The van der Waals surface area contributed by atoms with Crippen molar-refractivity contribution in [3.05, 3.63) is 71.3 Å². The Kier molecular flexibility index (Phi) is 7.79. The highest BCUT2D eigenvalue weighted by molar-refractivity contribution is 7.99. The average Bonchev–Trinajstić information content (AvgIpc) is 2.67. The van der Waals surface area contributed by atoms with E-state index in [0.29, 0.717) is 11.3 Å². The summed E-state index contributed by atoms with van der Waals surface area (Å²) in [6.45, 7) is 1.62. The predicted octanol–water partition coefficient (Wildman–Crippen LogP) is 3.36. The number of thioether (sulfide) groups is 1. The largest absolute Gasteiger partial charge is 0.357 e. The molecule has 1 N–H and O–H groups in total.